The number of carbonyl (C=O) groups excluding carboxylic acids is 2. The number of azide groups is 2. The summed E-state index contributed by atoms with van der Waals surface area (Å²) in [6.07, 6.45) is 0. The zero-order chi connectivity index (χ0) is 16.5. The van der Waals surface area contributed by atoms with Crippen LogP contribution in [-0.4, -0.2) is 24.5 Å². The van der Waals surface area contributed by atoms with Gasteiger partial charge in [0.25, 0.3) is 10.1 Å². The Morgan fingerprint density at radius 3 is 2.23 bits per heavy atom. The van der Waals surface area contributed by atoms with Crippen LogP contribution in [0.2, 0.25) is 0 Å². The molecule has 0 saturated heterocycles. The molecule has 12 heteroatoms. The van der Waals surface area contributed by atoms with Crippen LogP contribution in [0.3, 0.4) is 0 Å². The van der Waals surface area contributed by atoms with E-state index in [0.29, 0.717) is 0 Å². The number of nitrogens with zero attached hydrogens (tertiary/aromatic N) is 6. The molecule has 1 N–H and O–H groups in total. The molecule has 1 aliphatic rings. The van der Waals surface area contributed by atoms with Crippen LogP contribution in [0.5, 0.6) is 0 Å². The number of hydrogen-bond acceptors (Lipinski definition) is 6. The van der Waals surface area contributed by atoms with Gasteiger partial charge in [-0.25, -0.2) is 0 Å². The molecular weight excluding hydrogens is 316 g/mol. The van der Waals surface area contributed by atoms with Gasteiger partial charge in [0.05, 0.1) is 0 Å². The fourth-order valence-corrected chi connectivity index (χ4v) is 2.79. The maximum absolute atomic E-state index is 12.0. The smallest absolute Gasteiger partial charge is 0.285 e. The van der Waals surface area contributed by atoms with Crippen molar-refractivity contribution in [3.05, 3.63) is 55.9 Å². The van der Waals surface area contributed by atoms with Crippen molar-refractivity contribution in [1.29, 1.82) is 0 Å². The number of allylic oxidation sites excluding steroid dienone is 1. The molecule has 0 atom stereocenters. The van der Waals surface area contributed by atoms with Gasteiger partial charge in [0.1, 0.15) is 10.6 Å². The van der Waals surface area contributed by atoms with Crippen LogP contribution in [0, 0.1) is 0 Å². The lowest BCUT2D eigenvalue weighted by atomic mass is 9.92. The molecule has 22 heavy (non-hydrogen) atoms. The van der Waals surface area contributed by atoms with E-state index in [-0.39, 0.29) is 11.3 Å². The van der Waals surface area contributed by atoms with Crippen LogP contribution in [0.15, 0.2) is 34.1 Å². The lowest BCUT2D eigenvalue weighted by molar-refractivity contribution is -0.111. The van der Waals surface area contributed by atoms with Crippen LogP contribution >= 0.6 is 0 Å². The van der Waals surface area contributed by atoms with Crippen molar-refractivity contribution in [2.24, 2.45) is 10.2 Å². The third kappa shape index (κ3) is 2.30. The van der Waals surface area contributed by atoms with Gasteiger partial charge >= 0.3 is 0 Å². The van der Waals surface area contributed by atoms with E-state index in [0.717, 1.165) is 6.07 Å². The largest absolute Gasteiger partial charge is 0.295 e. The maximum Gasteiger partial charge on any atom is 0.295 e. The highest BCUT2D eigenvalue weighted by atomic mass is 32.2. The first-order valence-electron chi connectivity index (χ1n) is 5.37. The molecule has 0 spiro atoms. The maximum atomic E-state index is 12.0. The normalized spacial score (nSPS) is 14.0. The highest BCUT2D eigenvalue weighted by molar-refractivity contribution is 7.95. The second kappa shape index (κ2) is 5.31. The van der Waals surface area contributed by atoms with E-state index in [2.05, 4.69) is 20.1 Å². The molecule has 0 fully saturated rings. The van der Waals surface area contributed by atoms with Crippen LogP contribution in [0.1, 0.15) is 15.9 Å². The Kier molecular flexibility index (Phi) is 3.68. The molecule has 0 unspecified atom stereocenters. The molecule has 11 nitrogen and oxygen atoms in total. The van der Waals surface area contributed by atoms with Crippen molar-refractivity contribution in [1.82, 2.24) is 0 Å². The van der Waals surface area contributed by atoms with Gasteiger partial charge in [-0.05, 0) is 11.1 Å². The fraction of sp³-hybridized carbons (Fsp3) is 0. The highest BCUT2D eigenvalue weighted by Gasteiger charge is 2.38. The number of ketones is 2. The number of Topliss-reactive ketones (excluding diaryl/α,β-unsaturated/α-hetero) is 2. The summed E-state index contributed by atoms with van der Waals surface area (Å²) in [5.41, 5.74) is 14.6. The summed E-state index contributed by atoms with van der Waals surface area (Å²) in [7, 11) is -5.05. The minimum atomic E-state index is -5.05. The van der Waals surface area contributed by atoms with E-state index in [1.54, 1.807) is 0 Å². The van der Waals surface area contributed by atoms with Crippen LogP contribution < -0.4 is 0 Å². The molecule has 0 radical (unpaired) electrons. The monoisotopic (exact) mass is 320 g/mol. The predicted molar refractivity (Wildman–Crippen MR) is 72.2 cm³/mol. The van der Waals surface area contributed by atoms with E-state index in [9.17, 15) is 22.6 Å². The lowest BCUT2D eigenvalue weighted by Crippen LogP contribution is -2.25. The summed E-state index contributed by atoms with van der Waals surface area (Å²) in [6.45, 7) is 0. The van der Waals surface area contributed by atoms with Crippen molar-refractivity contribution < 1.29 is 22.6 Å². The lowest BCUT2D eigenvalue weighted by Gasteiger charge is -2.18. The minimum Gasteiger partial charge on any atom is -0.285 e. The Bertz CT molecular complexity index is 950. The molecule has 0 saturated carbocycles. The van der Waals surface area contributed by atoms with Crippen LogP contribution in [0.4, 0.5) is 5.69 Å². The van der Waals surface area contributed by atoms with E-state index in [4.69, 9.17) is 11.1 Å². The minimum absolute atomic E-state index is 0.320. The van der Waals surface area contributed by atoms with E-state index >= 15 is 0 Å². The Morgan fingerprint density at radius 2 is 1.68 bits per heavy atom. The van der Waals surface area contributed by atoms with Crippen molar-refractivity contribution >= 4 is 32.3 Å². The summed E-state index contributed by atoms with van der Waals surface area (Å²) >= 11 is 0. The molecule has 0 amide bonds. The topological polar surface area (TPSA) is 186 Å². The number of carbonyl (C=O) groups is 2. The third-order valence-electron chi connectivity index (χ3n) is 2.71. The molecular formula is C10H4N6O5S. The molecule has 0 aliphatic heterocycles. The summed E-state index contributed by atoms with van der Waals surface area (Å²) in [4.78, 5) is 27.5. The molecule has 110 valence electrons. The Morgan fingerprint density at radius 1 is 1.05 bits per heavy atom. The van der Waals surface area contributed by atoms with Crippen molar-refractivity contribution in [2.45, 2.75) is 0 Å². The molecule has 0 bridgehead atoms. The van der Waals surface area contributed by atoms with Crippen LogP contribution in [0.25, 0.3) is 25.8 Å². The van der Waals surface area contributed by atoms with Gasteiger partial charge in [0.2, 0.25) is 11.6 Å². The summed E-state index contributed by atoms with van der Waals surface area (Å²) < 4.78 is 32.4. The third-order valence-corrected chi connectivity index (χ3v) is 3.62. The van der Waals surface area contributed by atoms with Gasteiger partial charge in [-0.3, -0.25) is 14.1 Å². The van der Waals surface area contributed by atoms with Crippen LogP contribution in [-0.2, 0) is 14.9 Å². The molecule has 1 aromatic rings. The van der Waals surface area contributed by atoms with Gasteiger partial charge in [-0.2, -0.15) is 8.42 Å². The predicted octanol–water partition coefficient (Wildman–Crippen LogP) is 2.26. The number of rotatable bonds is 3. The van der Waals surface area contributed by atoms with Crippen molar-refractivity contribution in [2.75, 3.05) is 0 Å². The fourth-order valence-electron chi connectivity index (χ4n) is 1.94. The summed E-state index contributed by atoms with van der Waals surface area (Å²) in [5.74, 6) is -2.55. The summed E-state index contributed by atoms with van der Waals surface area (Å²) in [6, 6.07) is 3.54. The number of fused-ring (bicyclic) bond motifs is 1. The van der Waals surface area contributed by atoms with E-state index in [1.165, 1.54) is 12.1 Å². The zero-order valence-electron chi connectivity index (χ0n) is 10.4. The van der Waals surface area contributed by atoms with Crippen molar-refractivity contribution in [3.8, 4) is 0 Å². The number of benzene rings is 1. The standard InChI is InChI=1S/C10H4N6O5S/c11-15-13-5-3-1-2-4-6(5)10(22(19,20)21)7(14-16-12)9(18)8(4)17/h1-3H,(H,19,20,21). The number of hydrogen-bond donors (Lipinski definition) is 1. The second-order valence-corrected chi connectivity index (χ2v) is 5.25. The van der Waals surface area contributed by atoms with Gasteiger partial charge in [0, 0.05) is 26.6 Å². The molecule has 2 rings (SSSR count). The van der Waals surface area contributed by atoms with Gasteiger partial charge in [-0.1, -0.05) is 28.4 Å². The molecule has 1 aliphatic carbocycles. The average Bonchev–Trinajstić information content (AvgIpc) is 2.44. The van der Waals surface area contributed by atoms with E-state index < -0.39 is 37.9 Å². The zero-order valence-corrected chi connectivity index (χ0v) is 11.2. The Balaban J connectivity index is 3.10. The van der Waals surface area contributed by atoms with Gasteiger partial charge in [-0.15, -0.1) is 0 Å². The Labute approximate surface area is 121 Å². The molecule has 1 aromatic carbocycles. The molecule has 0 aromatic heterocycles. The SMILES string of the molecule is [N-]=[N+]=NC1=C(S(=O)(=O)O)c2c(N=[N+]=[N-])cccc2C(=O)C1=O. The highest BCUT2D eigenvalue weighted by Crippen LogP contribution is 2.39. The first-order valence-corrected chi connectivity index (χ1v) is 6.81. The average molecular weight is 320 g/mol. The van der Waals surface area contributed by atoms with Crippen molar-refractivity contribution in [3.63, 3.8) is 0 Å². The van der Waals surface area contributed by atoms with Gasteiger partial charge in [0.15, 0.2) is 0 Å². The first kappa shape index (κ1) is 15.2. The molecule has 0 heterocycles. The Hall–Kier alpha value is -3.17. The second-order valence-electron chi connectivity index (χ2n) is 3.89. The summed E-state index contributed by atoms with van der Waals surface area (Å²) in [5, 5.41) is 6.09. The van der Waals surface area contributed by atoms with Gasteiger partial charge < -0.3 is 0 Å². The first-order chi connectivity index (χ1) is 10.3. The quantitative estimate of drug-likeness (QED) is 0.293. The van der Waals surface area contributed by atoms with E-state index in [1.807, 2.05) is 0 Å².